The second kappa shape index (κ2) is 9.35. The number of fused-ring (bicyclic) bond motifs is 1. The first-order valence-electron chi connectivity index (χ1n) is 10.4. The zero-order chi connectivity index (χ0) is 23.4. The molecule has 0 saturated carbocycles. The van der Waals surface area contributed by atoms with Gasteiger partial charge in [-0.05, 0) is 49.4 Å². The van der Waals surface area contributed by atoms with Crippen LogP contribution in [0.25, 0.3) is 22.4 Å². The van der Waals surface area contributed by atoms with E-state index in [0.717, 1.165) is 5.76 Å². The molecule has 166 valence electrons. The van der Waals surface area contributed by atoms with Crippen molar-refractivity contribution in [2.45, 2.75) is 13.3 Å². The molecule has 4 aromatic rings. The van der Waals surface area contributed by atoms with Gasteiger partial charge in [0.05, 0.1) is 11.1 Å². The maximum Gasteiger partial charge on any atom is 0.256 e. The van der Waals surface area contributed by atoms with E-state index < -0.39 is 5.91 Å². The lowest BCUT2D eigenvalue weighted by molar-refractivity contribution is -0.117. The molecular weight excluding hydrogens is 420 g/mol. The van der Waals surface area contributed by atoms with Crippen molar-refractivity contribution < 1.29 is 18.8 Å². The van der Waals surface area contributed by atoms with Crippen LogP contribution >= 0.6 is 0 Å². The molecule has 4 N–H and O–H groups in total. The average molecular weight is 442 g/mol. The van der Waals surface area contributed by atoms with Crippen LogP contribution in [0.4, 0.5) is 5.69 Å². The zero-order valence-corrected chi connectivity index (χ0v) is 17.9. The molecule has 0 aliphatic rings. The number of hydrogen-bond acceptors (Lipinski definition) is 5. The SMILES string of the molecule is Cc1ccc(-c2cc(C(=O)Nc3cccc(C(=O)NCCC(N)=O)c3)c3ccccc3n2)o1. The van der Waals surface area contributed by atoms with E-state index in [-0.39, 0.29) is 24.8 Å². The summed E-state index contributed by atoms with van der Waals surface area (Å²) in [6.07, 6.45) is 0.0504. The molecule has 0 atom stereocenters. The molecule has 8 heteroatoms. The number of aryl methyl sites for hydroxylation is 1. The first kappa shape index (κ1) is 21.8. The Kier molecular flexibility index (Phi) is 6.17. The highest BCUT2D eigenvalue weighted by molar-refractivity contribution is 6.13. The van der Waals surface area contributed by atoms with Gasteiger partial charge in [0, 0.05) is 29.6 Å². The lowest BCUT2D eigenvalue weighted by Gasteiger charge is -2.11. The van der Waals surface area contributed by atoms with E-state index in [1.807, 2.05) is 43.3 Å². The topological polar surface area (TPSA) is 127 Å². The molecule has 0 fully saturated rings. The molecule has 2 heterocycles. The predicted molar refractivity (Wildman–Crippen MR) is 125 cm³/mol. The van der Waals surface area contributed by atoms with Crippen molar-refractivity contribution in [3.05, 3.63) is 83.6 Å². The number of anilines is 1. The number of para-hydroxylation sites is 1. The summed E-state index contributed by atoms with van der Waals surface area (Å²) in [4.78, 5) is 41.0. The third kappa shape index (κ3) is 5.07. The Morgan fingerprint density at radius 2 is 1.79 bits per heavy atom. The van der Waals surface area contributed by atoms with E-state index in [9.17, 15) is 14.4 Å². The number of furan rings is 1. The molecule has 4 rings (SSSR count). The first-order valence-corrected chi connectivity index (χ1v) is 10.4. The highest BCUT2D eigenvalue weighted by Gasteiger charge is 2.16. The summed E-state index contributed by atoms with van der Waals surface area (Å²) in [6.45, 7) is 1.98. The number of hydrogen-bond donors (Lipinski definition) is 3. The largest absolute Gasteiger partial charge is 0.460 e. The van der Waals surface area contributed by atoms with Crippen LogP contribution in [0.5, 0.6) is 0 Å². The second-order valence-electron chi connectivity index (χ2n) is 7.49. The number of carbonyl (C=O) groups is 3. The van der Waals surface area contributed by atoms with Crippen LogP contribution in [0, 0.1) is 6.92 Å². The lowest BCUT2D eigenvalue weighted by atomic mass is 10.1. The number of nitrogens with two attached hydrogens (primary N) is 1. The highest BCUT2D eigenvalue weighted by atomic mass is 16.3. The van der Waals surface area contributed by atoms with Crippen molar-refractivity contribution in [3.63, 3.8) is 0 Å². The fourth-order valence-corrected chi connectivity index (χ4v) is 3.40. The predicted octanol–water partition coefficient (Wildman–Crippen LogP) is 3.66. The Hall–Kier alpha value is -4.46. The van der Waals surface area contributed by atoms with E-state index in [1.54, 1.807) is 30.3 Å². The van der Waals surface area contributed by atoms with E-state index in [0.29, 0.717) is 39.2 Å². The third-order valence-corrected chi connectivity index (χ3v) is 4.99. The standard InChI is InChI=1S/C25H22N4O4/c1-15-9-10-22(33-15)21-14-19(18-7-2-3-8-20(18)29-21)25(32)28-17-6-4-5-16(13-17)24(31)27-12-11-23(26)30/h2-10,13-14H,11-12H2,1H3,(H2,26,30)(H,27,31)(H,28,32). The molecule has 0 saturated heterocycles. The Bertz CT molecular complexity index is 1360. The fraction of sp³-hybridized carbons (Fsp3) is 0.120. The van der Waals surface area contributed by atoms with Crippen molar-refractivity contribution in [1.82, 2.24) is 10.3 Å². The zero-order valence-electron chi connectivity index (χ0n) is 17.9. The number of carbonyl (C=O) groups excluding carboxylic acids is 3. The van der Waals surface area contributed by atoms with Gasteiger partial charge in [0.15, 0.2) is 5.76 Å². The number of nitrogens with one attached hydrogen (secondary N) is 2. The van der Waals surface area contributed by atoms with E-state index in [2.05, 4.69) is 15.6 Å². The Morgan fingerprint density at radius 1 is 0.970 bits per heavy atom. The van der Waals surface area contributed by atoms with Gasteiger partial charge < -0.3 is 20.8 Å². The van der Waals surface area contributed by atoms with Gasteiger partial charge in [0.25, 0.3) is 11.8 Å². The molecule has 0 bridgehead atoms. The van der Waals surface area contributed by atoms with Crippen LogP contribution in [0.15, 0.2) is 71.1 Å². The van der Waals surface area contributed by atoms with Gasteiger partial charge in [-0.25, -0.2) is 4.98 Å². The monoisotopic (exact) mass is 442 g/mol. The maximum atomic E-state index is 13.2. The summed E-state index contributed by atoms with van der Waals surface area (Å²) < 4.78 is 5.69. The van der Waals surface area contributed by atoms with Crippen molar-refractivity contribution in [2.75, 3.05) is 11.9 Å². The summed E-state index contributed by atoms with van der Waals surface area (Å²) in [5.74, 6) is 0.116. The molecule has 3 amide bonds. The molecule has 2 aromatic carbocycles. The molecule has 0 aliphatic heterocycles. The van der Waals surface area contributed by atoms with Gasteiger partial charge in [-0.1, -0.05) is 24.3 Å². The second-order valence-corrected chi connectivity index (χ2v) is 7.49. The molecule has 0 unspecified atom stereocenters. The minimum absolute atomic E-state index is 0.0504. The number of aromatic nitrogens is 1. The molecule has 33 heavy (non-hydrogen) atoms. The van der Waals surface area contributed by atoms with Crippen LogP contribution < -0.4 is 16.4 Å². The third-order valence-electron chi connectivity index (χ3n) is 4.99. The Labute approximate surface area is 189 Å². The molecule has 0 spiro atoms. The van der Waals surface area contributed by atoms with Gasteiger partial charge in [0.1, 0.15) is 11.5 Å². The van der Waals surface area contributed by atoms with Crippen LogP contribution in [0.2, 0.25) is 0 Å². The van der Waals surface area contributed by atoms with Crippen molar-refractivity contribution in [1.29, 1.82) is 0 Å². The van der Waals surface area contributed by atoms with Crippen LogP contribution in [0.1, 0.15) is 32.9 Å². The number of amides is 3. The minimum Gasteiger partial charge on any atom is -0.460 e. The number of benzene rings is 2. The molecule has 0 aliphatic carbocycles. The summed E-state index contributed by atoms with van der Waals surface area (Å²) in [6, 6.07) is 19.3. The van der Waals surface area contributed by atoms with Gasteiger partial charge in [-0.2, -0.15) is 0 Å². The van der Waals surface area contributed by atoms with Crippen LogP contribution in [-0.4, -0.2) is 29.3 Å². The Balaban J connectivity index is 1.60. The van der Waals surface area contributed by atoms with Gasteiger partial charge >= 0.3 is 0 Å². The molecule has 2 aromatic heterocycles. The number of pyridine rings is 1. The maximum absolute atomic E-state index is 13.2. The van der Waals surface area contributed by atoms with Gasteiger partial charge in [-0.15, -0.1) is 0 Å². The summed E-state index contributed by atoms with van der Waals surface area (Å²) in [7, 11) is 0. The number of nitrogens with zero attached hydrogens (tertiary/aromatic N) is 1. The highest BCUT2D eigenvalue weighted by Crippen LogP contribution is 2.27. The van der Waals surface area contributed by atoms with Crippen LogP contribution in [0.3, 0.4) is 0 Å². The van der Waals surface area contributed by atoms with Crippen molar-refractivity contribution in [2.24, 2.45) is 5.73 Å². The van der Waals surface area contributed by atoms with Crippen molar-refractivity contribution >= 4 is 34.3 Å². The van der Waals surface area contributed by atoms with E-state index in [4.69, 9.17) is 10.2 Å². The minimum atomic E-state index is -0.495. The Morgan fingerprint density at radius 3 is 2.55 bits per heavy atom. The number of primary amides is 1. The van der Waals surface area contributed by atoms with E-state index in [1.165, 1.54) is 0 Å². The smallest absolute Gasteiger partial charge is 0.256 e. The summed E-state index contributed by atoms with van der Waals surface area (Å²) in [5, 5.41) is 6.17. The molecular formula is C25H22N4O4. The molecule has 0 radical (unpaired) electrons. The normalized spacial score (nSPS) is 10.7. The van der Waals surface area contributed by atoms with Crippen LogP contribution in [-0.2, 0) is 4.79 Å². The number of rotatable bonds is 7. The summed E-state index contributed by atoms with van der Waals surface area (Å²) in [5.41, 5.74) is 7.55. The van der Waals surface area contributed by atoms with Gasteiger partial charge in [0.2, 0.25) is 5.91 Å². The van der Waals surface area contributed by atoms with Gasteiger partial charge in [-0.3, -0.25) is 14.4 Å². The first-order chi connectivity index (χ1) is 15.9. The quantitative estimate of drug-likeness (QED) is 0.402. The lowest BCUT2D eigenvalue weighted by Crippen LogP contribution is -2.27. The fourth-order valence-electron chi connectivity index (χ4n) is 3.40. The molecule has 8 nitrogen and oxygen atoms in total. The summed E-state index contributed by atoms with van der Waals surface area (Å²) >= 11 is 0. The van der Waals surface area contributed by atoms with E-state index >= 15 is 0 Å². The average Bonchev–Trinajstić information content (AvgIpc) is 3.24. The van der Waals surface area contributed by atoms with Crippen molar-refractivity contribution in [3.8, 4) is 11.5 Å².